The molecule has 2 heteroatoms. The van der Waals surface area contributed by atoms with Gasteiger partial charge in [0.25, 0.3) is 0 Å². The molecule has 0 unspecified atom stereocenters. The monoisotopic (exact) mass is 246 g/mol. The summed E-state index contributed by atoms with van der Waals surface area (Å²) in [6.45, 7) is 2.22. The average Bonchev–Trinajstić information content (AvgIpc) is 2.36. The maximum Gasteiger partial charge on any atom is 0.247 e. The van der Waals surface area contributed by atoms with Gasteiger partial charge in [-0.1, -0.05) is 55.4 Å². The van der Waals surface area contributed by atoms with E-state index in [1.807, 2.05) is 6.07 Å². The van der Waals surface area contributed by atoms with Gasteiger partial charge in [-0.25, -0.2) is 0 Å². The first kappa shape index (κ1) is 14.5. The van der Waals surface area contributed by atoms with Crippen molar-refractivity contribution in [2.24, 2.45) is 0 Å². The lowest BCUT2D eigenvalue weighted by atomic mass is 10.1. The number of rotatable bonds is 9. The summed E-state index contributed by atoms with van der Waals surface area (Å²) in [6.07, 6.45) is 5.45. The van der Waals surface area contributed by atoms with Gasteiger partial charge in [-0.3, -0.25) is 0 Å². The molecule has 0 aliphatic carbocycles. The number of unbranched alkanes of at least 4 members (excludes halogenated alkanes) is 1. The van der Waals surface area contributed by atoms with E-state index in [2.05, 4.69) is 31.2 Å². The minimum absolute atomic E-state index is 0.0874. The van der Waals surface area contributed by atoms with Gasteiger partial charge < -0.3 is 4.79 Å². The minimum atomic E-state index is -0.0874. The van der Waals surface area contributed by atoms with Crippen LogP contribution >= 0.6 is 0 Å². The van der Waals surface area contributed by atoms with Crippen molar-refractivity contribution in [3.05, 3.63) is 35.9 Å². The molecule has 0 aliphatic heterocycles. The predicted octanol–water partition coefficient (Wildman–Crippen LogP) is 3.65. The van der Waals surface area contributed by atoms with E-state index < -0.39 is 0 Å². The van der Waals surface area contributed by atoms with Gasteiger partial charge in [-0.05, 0) is 23.7 Å². The second kappa shape index (κ2) is 9.45. The third-order valence-electron chi connectivity index (χ3n) is 3.07. The summed E-state index contributed by atoms with van der Waals surface area (Å²) in [4.78, 5) is 11.6. The van der Waals surface area contributed by atoms with Crippen LogP contribution in [0.2, 0.25) is 10.6 Å². The average molecular weight is 246 g/mol. The molecule has 0 saturated carbocycles. The lowest BCUT2D eigenvalue weighted by Gasteiger charge is -2.01. The zero-order valence-electron chi connectivity index (χ0n) is 11.0. The molecule has 0 N–H and O–H groups in total. The summed E-state index contributed by atoms with van der Waals surface area (Å²) in [7, 11) is 0. The van der Waals surface area contributed by atoms with Crippen molar-refractivity contribution in [2.75, 3.05) is 0 Å². The van der Waals surface area contributed by atoms with Crippen molar-refractivity contribution < 1.29 is 4.79 Å². The van der Waals surface area contributed by atoms with E-state index in [4.69, 9.17) is 0 Å². The molecule has 0 aliphatic rings. The fourth-order valence-corrected chi connectivity index (χ4v) is 3.76. The highest BCUT2D eigenvalue weighted by molar-refractivity contribution is 6.41. The molecule has 0 radical (unpaired) electrons. The highest BCUT2D eigenvalue weighted by Crippen LogP contribution is 2.06. The first-order valence-corrected chi connectivity index (χ1v) is 8.88. The lowest BCUT2D eigenvalue weighted by Crippen LogP contribution is -2.03. The van der Waals surface area contributed by atoms with Gasteiger partial charge >= 0.3 is 0 Å². The van der Waals surface area contributed by atoms with E-state index in [0.717, 1.165) is 24.5 Å². The summed E-state index contributed by atoms with van der Waals surface area (Å²) in [5.74, 6) is 0.503. The van der Waals surface area contributed by atoms with Crippen LogP contribution in [0, 0.1) is 0 Å². The zero-order valence-corrected chi connectivity index (χ0v) is 12.4. The number of carbonyl (C=O) groups excluding carboxylic acids is 1. The molecule has 92 valence electrons. The van der Waals surface area contributed by atoms with Gasteiger partial charge in [-0.2, -0.15) is 0 Å². The maximum absolute atomic E-state index is 11.6. The molecule has 0 bridgehead atoms. The molecule has 0 amide bonds. The zero-order chi connectivity index (χ0) is 12.3. The summed E-state index contributed by atoms with van der Waals surface area (Å²) in [5.41, 5.74) is 1.35. The standard InChI is InChI=1S/C11H13O.C4H9.Al.H/c1-10(12)6-5-9-11-7-3-2-4-8-11;1-3-4-2;;/h2-4,7-8H,1,5-6,9H2;1,3-4H2,2H3;;. The van der Waals surface area contributed by atoms with Crippen LogP contribution in [0.25, 0.3) is 0 Å². The number of carbonyl (C=O) groups is 1. The van der Waals surface area contributed by atoms with E-state index in [1.165, 1.54) is 23.7 Å². The Morgan fingerprint density at radius 1 is 1.18 bits per heavy atom. The Labute approximate surface area is 111 Å². The topological polar surface area (TPSA) is 17.1 Å². The predicted molar refractivity (Wildman–Crippen MR) is 76.1 cm³/mol. The van der Waals surface area contributed by atoms with Gasteiger partial charge in [0.1, 0.15) is 5.78 Å². The molecule has 0 aromatic heterocycles. The largest absolute Gasteiger partial charge is 0.301 e. The first-order chi connectivity index (χ1) is 8.33. The van der Waals surface area contributed by atoms with Gasteiger partial charge in [0, 0.05) is 6.42 Å². The molecule has 1 rings (SSSR count). The van der Waals surface area contributed by atoms with Crippen LogP contribution in [-0.4, -0.2) is 21.0 Å². The molecule has 0 heterocycles. The number of hydrogen-bond acceptors (Lipinski definition) is 1. The van der Waals surface area contributed by atoms with Gasteiger partial charge in [0.2, 0.25) is 15.2 Å². The maximum atomic E-state index is 11.6. The Hall–Kier alpha value is -0.578. The summed E-state index contributed by atoms with van der Waals surface area (Å²) in [5, 5.41) is 2.27. The highest BCUT2D eigenvalue weighted by Gasteiger charge is 2.03. The van der Waals surface area contributed by atoms with Crippen molar-refractivity contribution in [1.29, 1.82) is 0 Å². The molecule has 0 fully saturated rings. The second-order valence-electron chi connectivity index (χ2n) is 4.69. The number of Topliss-reactive ketones (excluding diaryl/α,β-unsaturated/α-hetero) is 1. The number of ketones is 1. The number of aryl methyl sites for hydroxylation is 1. The van der Waals surface area contributed by atoms with Crippen LogP contribution in [0.15, 0.2) is 30.3 Å². The van der Waals surface area contributed by atoms with Crippen LogP contribution in [0.5, 0.6) is 0 Å². The van der Waals surface area contributed by atoms with E-state index >= 15 is 0 Å². The van der Waals surface area contributed by atoms with Crippen molar-refractivity contribution in [3.63, 3.8) is 0 Å². The molecule has 1 nitrogen and oxygen atoms in total. The van der Waals surface area contributed by atoms with Crippen molar-refractivity contribution in [3.8, 4) is 0 Å². The lowest BCUT2D eigenvalue weighted by molar-refractivity contribution is -0.117. The van der Waals surface area contributed by atoms with Gasteiger partial charge in [0.05, 0.1) is 0 Å². The fourth-order valence-electron chi connectivity index (χ4n) is 2.01. The van der Waals surface area contributed by atoms with Crippen LogP contribution in [0.1, 0.15) is 38.2 Å². The smallest absolute Gasteiger partial charge is 0.247 e. The Morgan fingerprint density at radius 3 is 2.65 bits per heavy atom. The molecule has 1 aromatic carbocycles. The quantitative estimate of drug-likeness (QED) is 0.480. The highest BCUT2D eigenvalue weighted by atomic mass is 27.1. The Morgan fingerprint density at radius 2 is 1.94 bits per heavy atom. The fraction of sp³-hybridized carbons (Fsp3) is 0.533. The van der Waals surface area contributed by atoms with E-state index in [1.54, 1.807) is 0 Å². The van der Waals surface area contributed by atoms with Crippen LogP contribution in [0.3, 0.4) is 0 Å². The molecule has 0 saturated heterocycles. The van der Waals surface area contributed by atoms with Gasteiger partial charge in [0.15, 0.2) is 0 Å². The number of benzene rings is 1. The van der Waals surface area contributed by atoms with E-state index in [-0.39, 0.29) is 15.2 Å². The van der Waals surface area contributed by atoms with E-state index in [9.17, 15) is 4.79 Å². The summed E-state index contributed by atoms with van der Waals surface area (Å²) < 4.78 is 0. The Kier molecular flexibility index (Phi) is 8.05. The Balaban J connectivity index is 2.04. The van der Waals surface area contributed by atoms with Crippen molar-refractivity contribution in [2.45, 2.75) is 49.6 Å². The van der Waals surface area contributed by atoms with Crippen molar-refractivity contribution >= 4 is 21.0 Å². The van der Waals surface area contributed by atoms with Crippen LogP contribution in [0.4, 0.5) is 0 Å². The van der Waals surface area contributed by atoms with E-state index in [0.29, 0.717) is 5.78 Å². The van der Waals surface area contributed by atoms with Crippen molar-refractivity contribution in [1.82, 2.24) is 0 Å². The third-order valence-corrected chi connectivity index (χ3v) is 4.98. The van der Waals surface area contributed by atoms with Crippen LogP contribution < -0.4 is 0 Å². The summed E-state index contributed by atoms with van der Waals surface area (Å²) in [6, 6.07) is 10.4. The van der Waals surface area contributed by atoms with Gasteiger partial charge in [-0.15, -0.1) is 0 Å². The molecule has 0 atom stereocenters. The normalized spacial score (nSPS) is 10.2. The molecule has 1 aromatic rings. The van der Waals surface area contributed by atoms with Crippen LogP contribution in [-0.2, 0) is 11.2 Å². The molecule has 0 spiro atoms. The molecular weight excluding hydrogens is 223 g/mol. The SMILES string of the molecule is CCC[CH2][AlH][CH2]C(=O)CCCc1ccccc1. The first-order valence-electron chi connectivity index (χ1n) is 6.88. The molecular formula is C15H23AlO. The minimum Gasteiger partial charge on any atom is -0.301 e. The third kappa shape index (κ3) is 7.37. The Bertz CT molecular complexity index is 308. The second-order valence-corrected chi connectivity index (χ2v) is 6.60. The molecule has 17 heavy (non-hydrogen) atoms. The summed E-state index contributed by atoms with van der Waals surface area (Å²) >= 11 is -0.0874. The number of hydrogen-bond donors (Lipinski definition) is 0.